The van der Waals surface area contributed by atoms with Gasteiger partial charge < -0.3 is 10.0 Å². The van der Waals surface area contributed by atoms with E-state index in [9.17, 15) is 5.21 Å². The zero-order valence-corrected chi connectivity index (χ0v) is 12.2. The molecular formula is C13H14Cl2N2O2. The van der Waals surface area contributed by atoms with Crippen LogP contribution in [0, 0.1) is 17.0 Å². The fourth-order valence-electron chi connectivity index (χ4n) is 2.67. The molecular weight excluding hydrogens is 287 g/mol. The van der Waals surface area contributed by atoms with Gasteiger partial charge in [0.15, 0.2) is 12.4 Å². The molecule has 2 unspecified atom stereocenters. The third-order valence-corrected chi connectivity index (χ3v) is 4.79. The van der Waals surface area contributed by atoms with Gasteiger partial charge in [0.05, 0.1) is 5.71 Å². The molecule has 2 aliphatic rings. The third kappa shape index (κ3) is 1.98. The Bertz CT molecular complexity index is 549. The second-order valence-corrected chi connectivity index (χ2v) is 6.25. The first-order chi connectivity index (χ1) is 8.93. The first-order valence-corrected chi connectivity index (χ1v) is 7.03. The summed E-state index contributed by atoms with van der Waals surface area (Å²) in [5, 5.41) is 16.1. The van der Waals surface area contributed by atoms with E-state index in [1.165, 1.54) is 25.2 Å². The molecule has 19 heavy (non-hydrogen) atoms. The van der Waals surface area contributed by atoms with Crippen molar-refractivity contribution in [3.8, 4) is 0 Å². The maximum absolute atomic E-state index is 11.3. The molecule has 0 spiro atoms. The maximum atomic E-state index is 11.3. The summed E-state index contributed by atoms with van der Waals surface area (Å²) in [5.74, 6) is 0.631. The van der Waals surface area contributed by atoms with Crippen molar-refractivity contribution in [1.82, 2.24) is 0 Å². The summed E-state index contributed by atoms with van der Waals surface area (Å²) in [6.07, 6.45) is 4.90. The Morgan fingerprint density at radius 2 is 1.95 bits per heavy atom. The molecule has 0 aromatic carbocycles. The van der Waals surface area contributed by atoms with Crippen molar-refractivity contribution in [1.29, 1.82) is 0 Å². The SMILES string of the molecule is CC1C(c2c(Cl)c[n+]([O-])cc2Cl)=NOC1(C)C1CC1. The van der Waals surface area contributed by atoms with Crippen molar-refractivity contribution < 1.29 is 9.57 Å². The monoisotopic (exact) mass is 300 g/mol. The highest BCUT2D eigenvalue weighted by atomic mass is 35.5. The molecule has 1 aliphatic carbocycles. The quantitative estimate of drug-likeness (QED) is 0.622. The van der Waals surface area contributed by atoms with E-state index in [-0.39, 0.29) is 11.5 Å². The van der Waals surface area contributed by atoms with E-state index >= 15 is 0 Å². The molecule has 1 aromatic rings. The van der Waals surface area contributed by atoms with Crippen molar-refractivity contribution >= 4 is 28.9 Å². The fourth-order valence-corrected chi connectivity index (χ4v) is 3.31. The van der Waals surface area contributed by atoms with Gasteiger partial charge in [-0.3, -0.25) is 0 Å². The van der Waals surface area contributed by atoms with Crippen LogP contribution in [0.3, 0.4) is 0 Å². The Balaban J connectivity index is 2.00. The number of halogens is 2. The molecule has 4 nitrogen and oxygen atoms in total. The van der Waals surface area contributed by atoms with Crippen molar-refractivity contribution in [3.63, 3.8) is 0 Å². The summed E-state index contributed by atoms with van der Waals surface area (Å²) in [6, 6.07) is 0. The molecule has 1 saturated carbocycles. The first kappa shape index (κ1) is 13.0. The van der Waals surface area contributed by atoms with E-state index in [1.54, 1.807) is 0 Å². The molecule has 0 amide bonds. The van der Waals surface area contributed by atoms with Crippen LogP contribution in [-0.4, -0.2) is 11.3 Å². The van der Waals surface area contributed by atoms with Crippen LogP contribution in [0.15, 0.2) is 17.5 Å². The molecule has 6 heteroatoms. The van der Waals surface area contributed by atoms with E-state index in [1.807, 2.05) is 0 Å². The topological polar surface area (TPSA) is 48.5 Å². The molecule has 1 aliphatic heterocycles. The van der Waals surface area contributed by atoms with E-state index in [4.69, 9.17) is 28.0 Å². The lowest BCUT2D eigenvalue weighted by atomic mass is 9.81. The number of hydrogen-bond acceptors (Lipinski definition) is 3. The van der Waals surface area contributed by atoms with Crippen LogP contribution in [0.1, 0.15) is 32.3 Å². The molecule has 0 bridgehead atoms. The van der Waals surface area contributed by atoms with Crippen LogP contribution in [0.5, 0.6) is 0 Å². The second-order valence-electron chi connectivity index (χ2n) is 5.44. The van der Waals surface area contributed by atoms with Gasteiger partial charge in [0.25, 0.3) is 0 Å². The number of pyridine rings is 1. The molecule has 1 fully saturated rings. The summed E-state index contributed by atoms with van der Waals surface area (Å²) in [6.45, 7) is 4.14. The minimum Gasteiger partial charge on any atom is -0.619 e. The number of nitrogens with zero attached hydrogens (tertiary/aromatic N) is 2. The number of oxime groups is 1. The number of hydrogen-bond donors (Lipinski definition) is 0. The maximum Gasteiger partial charge on any atom is 0.199 e. The lowest BCUT2D eigenvalue weighted by Gasteiger charge is -2.26. The van der Waals surface area contributed by atoms with Gasteiger partial charge in [0.2, 0.25) is 0 Å². The molecule has 102 valence electrons. The van der Waals surface area contributed by atoms with E-state index in [2.05, 4.69) is 19.0 Å². The second kappa shape index (κ2) is 4.25. The molecule has 2 atom stereocenters. The number of aromatic nitrogens is 1. The Morgan fingerprint density at radius 3 is 2.47 bits per heavy atom. The van der Waals surface area contributed by atoms with Crippen molar-refractivity contribution in [2.24, 2.45) is 17.0 Å². The molecule has 0 N–H and O–H groups in total. The van der Waals surface area contributed by atoms with E-state index < -0.39 is 0 Å². The summed E-state index contributed by atoms with van der Waals surface area (Å²) in [5.41, 5.74) is 1.04. The number of rotatable bonds is 2. The van der Waals surface area contributed by atoms with Gasteiger partial charge in [-0.25, -0.2) is 0 Å². The van der Waals surface area contributed by atoms with Gasteiger partial charge in [-0.05, 0) is 19.8 Å². The summed E-state index contributed by atoms with van der Waals surface area (Å²) in [7, 11) is 0. The summed E-state index contributed by atoms with van der Waals surface area (Å²) < 4.78 is 0.593. The van der Waals surface area contributed by atoms with E-state index in [0.29, 0.717) is 26.3 Å². The molecule has 3 rings (SSSR count). The normalized spacial score (nSPS) is 30.1. The highest BCUT2D eigenvalue weighted by molar-refractivity contribution is 6.40. The van der Waals surface area contributed by atoms with Crippen LogP contribution in [0.25, 0.3) is 0 Å². The average Bonchev–Trinajstić information content (AvgIpc) is 3.11. The van der Waals surface area contributed by atoms with Gasteiger partial charge in [0.1, 0.15) is 15.6 Å². The highest BCUT2D eigenvalue weighted by Gasteiger charge is 2.53. The van der Waals surface area contributed by atoms with Gasteiger partial charge in [-0.15, -0.1) is 0 Å². The zero-order valence-electron chi connectivity index (χ0n) is 10.7. The summed E-state index contributed by atoms with van der Waals surface area (Å²) in [4.78, 5) is 5.67. The fraction of sp³-hybridized carbons (Fsp3) is 0.538. The lowest BCUT2D eigenvalue weighted by molar-refractivity contribution is -0.605. The predicted octanol–water partition coefficient (Wildman–Crippen LogP) is 3.17. The minimum atomic E-state index is -0.286. The minimum absolute atomic E-state index is 0.0949. The summed E-state index contributed by atoms with van der Waals surface area (Å²) >= 11 is 12.3. The Hall–Kier alpha value is -1.00. The molecule has 2 heterocycles. The Kier molecular flexibility index (Phi) is 2.91. The van der Waals surface area contributed by atoms with Crippen LogP contribution in [-0.2, 0) is 4.84 Å². The smallest absolute Gasteiger partial charge is 0.199 e. The van der Waals surface area contributed by atoms with Gasteiger partial charge in [-0.2, -0.15) is 4.73 Å². The molecule has 0 saturated heterocycles. The largest absolute Gasteiger partial charge is 0.619 e. The van der Waals surface area contributed by atoms with Crippen molar-refractivity contribution in [2.45, 2.75) is 32.3 Å². The van der Waals surface area contributed by atoms with Crippen LogP contribution >= 0.6 is 23.2 Å². The zero-order chi connectivity index (χ0) is 13.8. The van der Waals surface area contributed by atoms with Crippen molar-refractivity contribution in [3.05, 3.63) is 33.2 Å². The van der Waals surface area contributed by atoms with Crippen LogP contribution < -0.4 is 4.73 Å². The van der Waals surface area contributed by atoms with E-state index in [0.717, 1.165) is 5.71 Å². The lowest BCUT2D eigenvalue weighted by Crippen LogP contribution is -2.37. The predicted molar refractivity (Wildman–Crippen MR) is 73.3 cm³/mol. The molecule has 1 aromatic heterocycles. The average molecular weight is 301 g/mol. The Morgan fingerprint density at radius 1 is 1.37 bits per heavy atom. The van der Waals surface area contributed by atoms with Crippen LogP contribution in [0.4, 0.5) is 0 Å². The molecule has 0 radical (unpaired) electrons. The first-order valence-electron chi connectivity index (χ1n) is 6.27. The van der Waals surface area contributed by atoms with Gasteiger partial charge in [-0.1, -0.05) is 35.3 Å². The third-order valence-electron chi connectivity index (χ3n) is 4.21. The van der Waals surface area contributed by atoms with Gasteiger partial charge >= 0.3 is 0 Å². The van der Waals surface area contributed by atoms with Crippen molar-refractivity contribution in [2.75, 3.05) is 0 Å². The van der Waals surface area contributed by atoms with Gasteiger partial charge in [0, 0.05) is 17.4 Å². The Labute approximate surface area is 121 Å². The highest BCUT2D eigenvalue weighted by Crippen LogP contribution is 2.50. The van der Waals surface area contributed by atoms with Crippen LogP contribution in [0.2, 0.25) is 10.0 Å². The standard InChI is InChI=1S/C13H14Cl2N2O2/c1-7-12(16-19-13(7,2)8-3-4-8)11-9(14)5-17(18)6-10(11)15/h5-8H,3-4H2,1-2H3.